The van der Waals surface area contributed by atoms with Crippen LogP contribution in [0.15, 0.2) is 36.5 Å². The van der Waals surface area contributed by atoms with Crippen LogP contribution in [-0.2, 0) is 0 Å². The number of hydrogen-bond acceptors (Lipinski definition) is 3. The molecule has 0 atom stereocenters. The highest BCUT2D eigenvalue weighted by atomic mass is 19.1. The Morgan fingerprint density at radius 3 is 2.58 bits per heavy atom. The number of carbonyl (C=O) groups excluding carboxylic acids is 2. The molecule has 0 saturated carbocycles. The molecular formula is C14H9FN2O2. The van der Waals surface area contributed by atoms with E-state index in [1.54, 1.807) is 25.3 Å². The molecule has 0 unspecified atom stereocenters. The summed E-state index contributed by atoms with van der Waals surface area (Å²) >= 11 is 0. The second-order valence-electron chi connectivity index (χ2n) is 4.24. The first-order valence-corrected chi connectivity index (χ1v) is 5.69. The number of rotatable bonds is 1. The molecule has 2 aromatic rings. The summed E-state index contributed by atoms with van der Waals surface area (Å²) in [5.74, 6) is -1.50. The average Bonchev–Trinajstić information content (AvgIpc) is 2.63. The SMILES string of the molecule is Cc1ncccc1N1C(=O)c2ccc(F)cc2C1=O. The van der Waals surface area contributed by atoms with Crippen molar-refractivity contribution in [3.05, 3.63) is 59.2 Å². The number of amides is 2. The lowest BCUT2D eigenvalue weighted by Gasteiger charge is -2.15. The minimum Gasteiger partial charge on any atom is -0.268 e. The first-order valence-electron chi connectivity index (χ1n) is 5.69. The van der Waals surface area contributed by atoms with E-state index in [2.05, 4.69) is 4.98 Å². The Morgan fingerprint density at radius 2 is 1.84 bits per heavy atom. The van der Waals surface area contributed by atoms with Crippen LogP contribution in [-0.4, -0.2) is 16.8 Å². The smallest absolute Gasteiger partial charge is 0.266 e. The van der Waals surface area contributed by atoms with Gasteiger partial charge in [-0.3, -0.25) is 14.6 Å². The number of carbonyl (C=O) groups is 2. The van der Waals surface area contributed by atoms with Gasteiger partial charge in [-0.25, -0.2) is 9.29 Å². The molecule has 1 aromatic heterocycles. The molecule has 0 saturated heterocycles. The third-order valence-electron chi connectivity index (χ3n) is 3.07. The molecule has 1 aromatic carbocycles. The maximum absolute atomic E-state index is 13.2. The van der Waals surface area contributed by atoms with Crippen LogP contribution in [0.5, 0.6) is 0 Å². The van der Waals surface area contributed by atoms with Crippen LogP contribution >= 0.6 is 0 Å². The number of imide groups is 1. The van der Waals surface area contributed by atoms with Crippen molar-refractivity contribution < 1.29 is 14.0 Å². The van der Waals surface area contributed by atoms with Crippen LogP contribution in [0.1, 0.15) is 26.4 Å². The highest BCUT2D eigenvalue weighted by molar-refractivity contribution is 6.34. The normalized spacial score (nSPS) is 13.9. The van der Waals surface area contributed by atoms with Crippen molar-refractivity contribution in [1.29, 1.82) is 0 Å². The van der Waals surface area contributed by atoms with E-state index < -0.39 is 17.6 Å². The molecule has 0 N–H and O–H groups in total. The van der Waals surface area contributed by atoms with Gasteiger partial charge in [0.25, 0.3) is 11.8 Å². The highest BCUT2D eigenvalue weighted by Gasteiger charge is 2.37. The number of benzene rings is 1. The van der Waals surface area contributed by atoms with Crippen molar-refractivity contribution in [2.24, 2.45) is 0 Å². The Bertz CT molecular complexity index is 712. The second kappa shape index (κ2) is 3.98. The minimum atomic E-state index is -0.537. The predicted molar refractivity (Wildman–Crippen MR) is 66.5 cm³/mol. The number of hydrogen-bond donors (Lipinski definition) is 0. The third-order valence-corrected chi connectivity index (χ3v) is 3.07. The van der Waals surface area contributed by atoms with Crippen LogP contribution in [0.3, 0.4) is 0 Å². The lowest BCUT2D eigenvalue weighted by atomic mass is 10.1. The lowest BCUT2D eigenvalue weighted by molar-refractivity contribution is 0.0925. The summed E-state index contributed by atoms with van der Waals surface area (Å²) in [7, 11) is 0. The maximum atomic E-state index is 13.2. The van der Waals surface area contributed by atoms with Gasteiger partial charge in [-0.15, -0.1) is 0 Å². The van der Waals surface area contributed by atoms with E-state index in [1.165, 1.54) is 12.1 Å². The van der Waals surface area contributed by atoms with Crippen molar-refractivity contribution in [2.75, 3.05) is 4.90 Å². The van der Waals surface area contributed by atoms with Gasteiger partial charge >= 0.3 is 0 Å². The monoisotopic (exact) mass is 256 g/mol. The summed E-state index contributed by atoms with van der Waals surface area (Å²) < 4.78 is 13.2. The van der Waals surface area contributed by atoms with Gasteiger partial charge in [0, 0.05) is 6.20 Å². The molecule has 4 nitrogen and oxygen atoms in total. The number of fused-ring (bicyclic) bond motifs is 1. The van der Waals surface area contributed by atoms with Crippen molar-refractivity contribution >= 4 is 17.5 Å². The first kappa shape index (κ1) is 11.5. The minimum absolute atomic E-state index is 0.0910. The molecule has 0 aliphatic carbocycles. The third kappa shape index (κ3) is 1.62. The van der Waals surface area contributed by atoms with Gasteiger partial charge in [0.2, 0.25) is 0 Å². The molecule has 94 valence electrons. The summed E-state index contributed by atoms with van der Waals surface area (Å²) in [6.45, 7) is 1.71. The van der Waals surface area contributed by atoms with E-state index in [0.29, 0.717) is 11.4 Å². The molecule has 0 radical (unpaired) electrons. The van der Waals surface area contributed by atoms with Gasteiger partial charge in [-0.2, -0.15) is 0 Å². The standard InChI is InChI=1S/C14H9FN2O2/c1-8-12(3-2-6-16-8)17-13(18)10-5-4-9(15)7-11(10)14(17)19/h2-7H,1H3. The highest BCUT2D eigenvalue weighted by Crippen LogP contribution is 2.29. The van der Waals surface area contributed by atoms with Crippen LogP contribution < -0.4 is 4.90 Å². The molecule has 1 aliphatic heterocycles. The lowest BCUT2D eigenvalue weighted by Crippen LogP contribution is -2.30. The Labute approximate surface area is 108 Å². The van der Waals surface area contributed by atoms with E-state index >= 15 is 0 Å². The zero-order valence-electron chi connectivity index (χ0n) is 10.1. The Balaban J connectivity index is 2.16. The Kier molecular flexibility index (Phi) is 2.41. The van der Waals surface area contributed by atoms with Crippen LogP contribution in [0.2, 0.25) is 0 Å². The molecule has 0 fully saturated rings. The zero-order valence-corrected chi connectivity index (χ0v) is 10.1. The quantitative estimate of drug-likeness (QED) is 0.736. The van der Waals surface area contributed by atoms with E-state index in [4.69, 9.17) is 0 Å². The van der Waals surface area contributed by atoms with E-state index in [9.17, 15) is 14.0 Å². The fourth-order valence-corrected chi connectivity index (χ4v) is 2.14. The number of nitrogens with zero attached hydrogens (tertiary/aromatic N) is 2. The summed E-state index contributed by atoms with van der Waals surface area (Å²) in [4.78, 5) is 29.5. The van der Waals surface area contributed by atoms with Gasteiger partial charge in [0.15, 0.2) is 0 Å². The number of halogens is 1. The number of aryl methyl sites for hydroxylation is 1. The van der Waals surface area contributed by atoms with Gasteiger partial charge in [-0.05, 0) is 37.3 Å². The summed E-state index contributed by atoms with van der Waals surface area (Å²) in [5, 5.41) is 0. The van der Waals surface area contributed by atoms with Crippen LogP contribution in [0, 0.1) is 12.7 Å². The predicted octanol–water partition coefficient (Wildman–Crippen LogP) is 2.33. The molecule has 19 heavy (non-hydrogen) atoms. The molecule has 5 heteroatoms. The van der Waals surface area contributed by atoms with E-state index in [0.717, 1.165) is 11.0 Å². The van der Waals surface area contributed by atoms with Gasteiger partial charge in [0.1, 0.15) is 5.82 Å². The summed E-state index contributed by atoms with van der Waals surface area (Å²) in [6, 6.07) is 6.87. The van der Waals surface area contributed by atoms with Crippen LogP contribution in [0.25, 0.3) is 0 Å². The fraction of sp³-hybridized carbons (Fsp3) is 0.0714. The molecule has 2 amide bonds. The van der Waals surface area contributed by atoms with Crippen LogP contribution in [0.4, 0.5) is 10.1 Å². The van der Waals surface area contributed by atoms with Crippen molar-refractivity contribution in [3.63, 3.8) is 0 Å². The summed E-state index contributed by atoms with van der Waals surface area (Å²) in [6.07, 6.45) is 1.58. The molecule has 2 heterocycles. The molecule has 3 rings (SSSR count). The molecule has 0 bridgehead atoms. The molecule has 0 spiro atoms. The molecular weight excluding hydrogens is 247 g/mol. The van der Waals surface area contributed by atoms with Crippen molar-refractivity contribution in [1.82, 2.24) is 4.98 Å². The zero-order chi connectivity index (χ0) is 13.6. The first-order chi connectivity index (χ1) is 9.09. The maximum Gasteiger partial charge on any atom is 0.266 e. The summed E-state index contributed by atoms with van der Waals surface area (Å²) in [5.41, 5.74) is 1.30. The number of pyridine rings is 1. The Hall–Kier alpha value is -2.56. The number of anilines is 1. The average molecular weight is 256 g/mol. The topological polar surface area (TPSA) is 50.3 Å². The van der Waals surface area contributed by atoms with Gasteiger partial charge < -0.3 is 0 Å². The largest absolute Gasteiger partial charge is 0.268 e. The number of aromatic nitrogens is 1. The van der Waals surface area contributed by atoms with Gasteiger partial charge in [0.05, 0.1) is 22.5 Å². The molecule has 1 aliphatic rings. The van der Waals surface area contributed by atoms with Crippen molar-refractivity contribution in [3.8, 4) is 0 Å². The Morgan fingerprint density at radius 1 is 1.11 bits per heavy atom. The van der Waals surface area contributed by atoms with Gasteiger partial charge in [-0.1, -0.05) is 0 Å². The second-order valence-corrected chi connectivity index (χ2v) is 4.24. The van der Waals surface area contributed by atoms with Crippen molar-refractivity contribution in [2.45, 2.75) is 6.92 Å². The van der Waals surface area contributed by atoms with E-state index in [1.807, 2.05) is 0 Å². The fourth-order valence-electron chi connectivity index (χ4n) is 2.14. The van der Waals surface area contributed by atoms with E-state index in [-0.39, 0.29) is 11.1 Å².